The van der Waals surface area contributed by atoms with Crippen LogP contribution in [0.5, 0.6) is 0 Å². The maximum absolute atomic E-state index is 13.8. The highest BCUT2D eigenvalue weighted by Crippen LogP contribution is 2.33. The topological polar surface area (TPSA) is 43.1 Å². The molecule has 0 aliphatic carbocycles. The van der Waals surface area contributed by atoms with E-state index in [4.69, 9.17) is 0 Å². The zero-order chi connectivity index (χ0) is 14.7. The first-order valence-electron chi connectivity index (χ1n) is 5.80. The van der Waals surface area contributed by atoms with Crippen LogP contribution in [0.4, 0.5) is 10.1 Å². The molecule has 0 bridgehead atoms. The highest BCUT2D eigenvalue weighted by Gasteiger charge is 2.19. The lowest BCUT2D eigenvalue weighted by Crippen LogP contribution is -2.02. The van der Waals surface area contributed by atoms with Crippen molar-refractivity contribution in [2.24, 2.45) is 0 Å². The van der Waals surface area contributed by atoms with E-state index in [9.17, 15) is 14.5 Å². The van der Waals surface area contributed by atoms with Crippen LogP contribution in [0, 0.1) is 15.9 Å². The van der Waals surface area contributed by atoms with E-state index in [1.165, 1.54) is 12.1 Å². The van der Waals surface area contributed by atoms with Gasteiger partial charge in [-0.15, -0.1) is 0 Å². The molecule has 0 spiro atoms. The van der Waals surface area contributed by atoms with Crippen LogP contribution in [0.25, 0.3) is 0 Å². The first kappa shape index (κ1) is 15.1. The fourth-order valence-corrected chi connectivity index (χ4v) is 3.00. The number of nitro benzene ring substituents is 1. The first-order chi connectivity index (χ1) is 9.49. The van der Waals surface area contributed by atoms with Crippen LogP contribution in [0.2, 0.25) is 0 Å². The third kappa shape index (κ3) is 3.43. The Morgan fingerprint density at radius 1 is 1.25 bits per heavy atom. The fourth-order valence-electron chi connectivity index (χ4n) is 1.92. The molecular formula is C14H10Br2FNO2. The molecule has 0 aliphatic rings. The zero-order valence-corrected chi connectivity index (χ0v) is 13.4. The Kier molecular flexibility index (Phi) is 4.88. The number of nitrogens with zero attached hydrogens (tertiary/aromatic N) is 1. The van der Waals surface area contributed by atoms with E-state index in [1.54, 1.807) is 30.3 Å². The number of hydrogen-bond acceptors (Lipinski definition) is 2. The number of nitro groups is 1. The molecule has 0 amide bonds. The van der Waals surface area contributed by atoms with Gasteiger partial charge in [-0.3, -0.25) is 10.1 Å². The summed E-state index contributed by atoms with van der Waals surface area (Å²) in [4.78, 5) is 10.2. The van der Waals surface area contributed by atoms with Crippen LogP contribution in [-0.2, 0) is 6.42 Å². The Morgan fingerprint density at radius 2 is 1.95 bits per heavy atom. The van der Waals surface area contributed by atoms with Gasteiger partial charge >= 0.3 is 0 Å². The second kappa shape index (κ2) is 6.45. The van der Waals surface area contributed by atoms with Crippen molar-refractivity contribution < 1.29 is 9.31 Å². The molecule has 6 heteroatoms. The average molecular weight is 403 g/mol. The van der Waals surface area contributed by atoms with Crippen LogP contribution in [0.15, 0.2) is 46.9 Å². The minimum Gasteiger partial charge on any atom is -0.258 e. The van der Waals surface area contributed by atoms with Crippen LogP contribution >= 0.6 is 31.9 Å². The quantitative estimate of drug-likeness (QED) is 0.402. The summed E-state index contributed by atoms with van der Waals surface area (Å²) in [5.41, 5.74) is 1.09. The molecule has 0 saturated heterocycles. The van der Waals surface area contributed by atoms with Gasteiger partial charge in [0.25, 0.3) is 5.69 Å². The first-order valence-corrected chi connectivity index (χ1v) is 7.51. The van der Waals surface area contributed by atoms with Gasteiger partial charge in [-0.25, -0.2) is 4.39 Å². The van der Waals surface area contributed by atoms with Crippen molar-refractivity contribution in [1.82, 2.24) is 0 Å². The molecule has 3 nitrogen and oxygen atoms in total. The van der Waals surface area contributed by atoms with Crippen molar-refractivity contribution in [2.75, 3.05) is 0 Å². The second-order valence-corrected chi connectivity index (χ2v) is 6.24. The summed E-state index contributed by atoms with van der Waals surface area (Å²) < 4.78 is 14.6. The molecule has 0 aliphatic heterocycles. The van der Waals surface area contributed by atoms with Crippen molar-refractivity contribution in [3.63, 3.8) is 0 Å². The van der Waals surface area contributed by atoms with Gasteiger partial charge in [-0.2, -0.15) is 0 Å². The number of benzene rings is 2. The van der Waals surface area contributed by atoms with Crippen molar-refractivity contribution in [3.8, 4) is 0 Å². The van der Waals surface area contributed by atoms with Gasteiger partial charge in [-0.1, -0.05) is 50.1 Å². The Labute approximate surface area is 132 Å². The molecule has 2 aromatic rings. The summed E-state index contributed by atoms with van der Waals surface area (Å²) in [7, 11) is 0. The molecule has 0 radical (unpaired) electrons. The normalized spacial score (nSPS) is 12.2. The molecule has 0 heterocycles. The Morgan fingerprint density at radius 3 is 2.65 bits per heavy atom. The average Bonchev–Trinajstić information content (AvgIpc) is 2.41. The van der Waals surface area contributed by atoms with E-state index < -0.39 is 4.92 Å². The van der Waals surface area contributed by atoms with Crippen LogP contribution < -0.4 is 0 Å². The molecule has 1 atom stereocenters. The summed E-state index contributed by atoms with van der Waals surface area (Å²) in [6, 6.07) is 11.1. The molecule has 2 aromatic carbocycles. The van der Waals surface area contributed by atoms with E-state index >= 15 is 0 Å². The number of alkyl halides is 1. The summed E-state index contributed by atoms with van der Waals surface area (Å²) in [5.74, 6) is -0.339. The molecule has 0 aromatic heterocycles. The minimum absolute atomic E-state index is 0.0485. The Bertz CT molecular complexity index is 649. The molecule has 0 N–H and O–H groups in total. The van der Waals surface area contributed by atoms with Crippen LogP contribution in [0.1, 0.15) is 16.0 Å². The monoisotopic (exact) mass is 401 g/mol. The van der Waals surface area contributed by atoms with Gasteiger partial charge in [0.2, 0.25) is 0 Å². The van der Waals surface area contributed by atoms with Crippen LogP contribution in [-0.4, -0.2) is 4.92 Å². The Hall–Kier alpha value is -1.27. The largest absolute Gasteiger partial charge is 0.272 e. The van der Waals surface area contributed by atoms with Crippen molar-refractivity contribution in [1.29, 1.82) is 0 Å². The summed E-state index contributed by atoms with van der Waals surface area (Å²) in [6.45, 7) is 0. The Balaban J connectivity index is 2.30. The third-order valence-corrected chi connectivity index (χ3v) is 4.19. The number of halogens is 3. The molecule has 0 fully saturated rings. The minimum atomic E-state index is -0.424. The molecular weight excluding hydrogens is 393 g/mol. The van der Waals surface area contributed by atoms with E-state index in [0.717, 1.165) is 4.47 Å². The molecule has 0 saturated carbocycles. The SMILES string of the molecule is O=[N+]([O-])c1ccccc1CC(Br)c1cc(Br)ccc1F. The fraction of sp³-hybridized carbons (Fsp3) is 0.143. The second-order valence-electron chi connectivity index (χ2n) is 4.22. The molecule has 20 heavy (non-hydrogen) atoms. The lowest BCUT2D eigenvalue weighted by molar-refractivity contribution is -0.385. The molecule has 2 rings (SSSR count). The van der Waals surface area contributed by atoms with Crippen molar-refractivity contribution in [3.05, 3.63) is 74.0 Å². The smallest absolute Gasteiger partial charge is 0.258 e. The van der Waals surface area contributed by atoms with E-state index in [1.807, 2.05) is 0 Å². The lowest BCUT2D eigenvalue weighted by Gasteiger charge is -2.12. The lowest BCUT2D eigenvalue weighted by atomic mass is 10.0. The number of para-hydroxylation sites is 1. The summed E-state index contributed by atoms with van der Waals surface area (Å²) >= 11 is 6.70. The van der Waals surface area contributed by atoms with E-state index in [-0.39, 0.29) is 16.3 Å². The van der Waals surface area contributed by atoms with E-state index in [2.05, 4.69) is 31.9 Å². The van der Waals surface area contributed by atoms with Crippen LogP contribution in [0.3, 0.4) is 0 Å². The molecule has 104 valence electrons. The van der Waals surface area contributed by atoms with Gasteiger partial charge < -0.3 is 0 Å². The van der Waals surface area contributed by atoms with Gasteiger partial charge in [0, 0.05) is 26.5 Å². The maximum atomic E-state index is 13.8. The van der Waals surface area contributed by atoms with Gasteiger partial charge in [0.15, 0.2) is 0 Å². The summed E-state index contributed by atoms with van der Waals surface area (Å²) in [5, 5.41) is 11.0. The van der Waals surface area contributed by atoms with Gasteiger partial charge in [0.1, 0.15) is 5.82 Å². The predicted octanol–water partition coefficient (Wildman–Crippen LogP) is 5.18. The highest BCUT2D eigenvalue weighted by atomic mass is 79.9. The van der Waals surface area contributed by atoms with Crippen molar-refractivity contribution in [2.45, 2.75) is 11.2 Å². The number of rotatable bonds is 4. The molecule has 1 unspecified atom stereocenters. The van der Waals surface area contributed by atoms with Crippen molar-refractivity contribution >= 4 is 37.5 Å². The van der Waals surface area contributed by atoms with Gasteiger partial charge in [-0.05, 0) is 24.6 Å². The zero-order valence-electron chi connectivity index (χ0n) is 10.2. The van der Waals surface area contributed by atoms with Gasteiger partial charge in [0.05, 0.1) is 4.92 Å². The number of hydrogen-bond donors (Lipinski definition) is 0. The van der Waals surface area contributed by atoms with E-state index in [0.29, 0.717) is 17.5 Å². The third-order valence-electron chi connectivity index (χ3n) is 2.88. The highest BCUT2D eigenvalue weighted by molar-refractivity contribution is 9.10. The predicted molar refractivity (Wildman–Crippen MR) is 82.6 cm³/mol. The standard InChI is InChI=1S/C14H10Br2FNO2/c15-10-5-6-13(17)11(8-10)12(16)7-9-3-1-2-4-14(9)18(19)20/h1-6,8,12H,7H2. The summed E-state index contributed by atoms with van der Waals surface area (Å²) in [6.07, 6.45) is 0.338. The maximum Gasteiger partial charge on any atom is 0.272 e.